The highest BCUT2D eigenvalue weighted by Crippen LogP contribution is 2.44. The zero-order valence-electron chi connectivity index (χ0n) is 21.4. The third kappa shape index (κ3) is 6.28. The Balaban J connectivity index is 1.59. The minimum atomic E-state index is -0.182. The number of carbonyl (C=O) groups is 2. The van der Waals surface area contributed by atoms with Gasteiger partial charge in [0.05, 0.1) is 12.1 Å². The molecule has 2 N–H and O–H groups in total. The van der Waals surface area contributed by atoms with Crippen molar-refractivity contribution in [2.45, 2.75) is 78.7 Å². The number of benzene rings is 1. The van der Waals surface area contributed by atoms with Crippen LogP contribution in [0.3, 0.4) is 0 Å². The molecule has 190 valence electrons. The van der Waals surface area contributed by atoms with Crippen LogP contribution >= 0.6 is 22.9 Å². The molecular formula is C28H38ClN3O2S. The van der Waals surface area contributed by atoms with Crippen molar-refractivity contribution in [2.24, 2.45) is 11.3 Å². The Hall–Kier alpha value is -1.89. The Bertz CT molecular complexity index is 1070. The largest absolute Gasteiger partial charge is 0.322 e. The first-order valence-corrected chi connectivity index (χ1v) is 14.1. The highest BCUT2D eigenvalue weighted by atomic mass is 35.5. The van der Waals surface area contributed by atoms with Crippen molar-refractivity contribution in [3.63, 3.8) is 0 Å². The standard InChI is InChI=1S/C28H38ClN3O2S/c1-5-21-11-6-7-14-32(21)17-24(33)31-27-25(26(34)30-20-10-8-9-19(29)16-20)22-13-12-18(28(2,3)4)15-23(22)35-27/h8-10,16,18,21H,5-7,11-15,17H2,1-4H3,(H,30,34)(H,31,33). The maximum atomic E-state index is 13.5. The molecule has 7 heteroatoms. The highest BCUT2D eigenvalue weighted by molar-refractivity contribution is 7.17. The number of anilines is 2. The molecule has 2 aromatic rings. The van der Waals surface area contributed by atoms with Crippen LogP contribution in [0.2, 0.25) is 5.02 Å². The van der Waals surface area contributed by atoms with Crippen molar-refractivity contribution in [3.8, 4) is 0 Å². The van der Waals surface area contributed by atoms with Gasteiger partial charge in [-0.2, -0.15) is 0 Å². The Kier molecular flexibility index (Phi) is 8.24. The molecule has 5 nitrogen and oxygen atoms in total. The lowest BCUT2D eigenvalue weighted by molar-refractivity contribution is -0.118. The van der Waals surface area contributed by atoms with Gasteiger partial charge in [0.2, 0.25) is 5.91 Å². The maximum Gasteiger partial charge on any atom is 0.258 e. The lowest BCUT2D eigenvalue weighted by Crippen LogP contribution is -2.43. The molecule has 0 radical (unpaired) electrons. The van der Waals surface area contributed by atoms with E-state index in [1.54, 1.807) is 23.5 Å². The molecule has 2 atom stereocenters. The van der Waals surface area contributed by atoms with E-state index in [4.69, 9.17) is 11.6 Å². The topological polar surface area (TPSA) is 61.4 Å². The van der Waals surface area contributed by atoms with Gasteiger partial charge in [-0.3, -0.25) is 14.5 Å². The second-order valence-electron chi connectivity index (χ2n) is 11.1. The summed E-state index contributed by atoms with van der Waals surface area (Å²) in [5.74, 6) is 0.339. The summed E-state index contributed by atoms with van der Waals surface area (Å²) < 4.78 is 0. The number of carbonyl (C=O) groups excluding carboxylic acids is 2. The first kappa shape index (κ1) is 26.2. The molecule has 0 spiro atoms. The minimum Gasteiger partial charge on any atom is -0.322 e. The number of nitrogens with zero attached hydrogens (tertiary/aromatic N) is 1. The molecule has 1 fully saturated rings. The molecule has 1 aromatic heterocycles. The van der Waals surface area contributed by atoms with Gasteiger partial charge in [-0.1, -0.05) is 51.8 Å². The van der Waals surface area contributed by atoms with Gasteiger partial charge in [-0.25, -0.2) is 0 Å². The van der Waals surface area contributed by atoms with Crippen LogP contribution in [0, 0.1) is 11.3 Å². The Morgan fingerprint density at radius 2 is 1.97 bits per heavy atom. The first-order chi connectivity index (χ1) is 16.7. The number of amides is 2. The SMILES string of the molecule is CCC1CCCCN1CC(=O)Nc1sc2c(c1C(=O)Nc1cccc(Cl)c1)CCC(C(C)(C)C)C2. The number of halogens is 1. The first-order valence-electron chi connectivity index (χ1n) is 12.9. The van der Waals surface area contributed by atoms with E-state index in [-0.39, 0.29) is 17.2 Å². The molecule has 1 aliphatic carbocycles. The van der Waals surface area contributed by atoms with Gasteiger partial charge in [-0.15, -0.1) is 11.3 Å². The molecule has 2 unspecified atom stereocenters. The van der Waals surface area contributed by atoms with Crippen molar-refractivity contribution in [2.75, 3.05) is 23.7 Å². The van der Waals surface area contributed by atoms with Crippen molar-refractivity contribution in [1.82, 2.24) is 4.90 Å². The Morgan fingerprint density at radius 3 is 2.69 bits per heavy atom. The summed E-state index contributed by atoms with van der Waals surface area (Å²) in [4.78, 5) is 30.2. The van der Waals surface area contributed by atoms with Gasteiger partial charge in [0.25, 0.3) is 5.91 Å². The minimum absolute atomic E-state index is 0.0341. The molecular weight excluding hydrogens is 478 g/mol. The lowest BCUT2D eigenvalue weighted by Gasteiger charge is -2.34. The number of fused-ring (bicyclic) bond motifs is 1. The molecule has 2 aliphatic rings. The van der Waals surface area contributed by atoms with Crippen molar-refractivity contribution >= 4 is 45.4 Å². The lowest BCUT2D eigenvalue weighted by atomic mass is 9.72. The Morgan fingerprint density at radius 1 is 1.17 bits per heavy atom. The summed E-state index contributed by atoms with van der Waals surface area (Å²) in [6.07, 6.45) is 7.42. The third-order valence-corrected chi connectivity index (χ3v) is 9.02. The molecule has 1 aliphatic heterocycles. The zero-order valence-corrected chi connectivity index (χ0v) is 23.0. The van der Waals surface area contributed by atoms with Crippen LogP contribution in [-0.2, 0) is 17.6 Å². The van der Waals surface area contributed by atoms with Crippen LogP contribution in [0.25, 0.3) is 0 Å². The summed E-state index contributed by atoms with van der Waals surface area (Å²) in [7, 11) is 0. The number of hydrogen-bond acceptors (Lipinski definition) is 4. The molecule has 4 rings (SSSR count). The van der Waals surface area contributed by atoms with Crippen molar-refractivity contribution in [3.05, 3.63) is 45.3 Å². The average molecular weight is 516 g/mol. The highest BCUT2D eigenvalue weighted by Gasteiger charge is 2.34. The summed E-state index contributed by atoms with van der Waals surface area (Å²) in [5.41, 5.74) is 2.57. The number of nitrogens with one attached hydrogen (secondary N) is 2. The maximum absolute atomic E-state index is 13.5. The van der Waals surface area contributed by atoms with Crippen molar-refractivity contribution in [1.29, 1.82) is 0 Å². The number of hydrogen-bond donors (Lipinski definition) is 2. The predicted octanol–water partition coefficient (Wildman–Crippen LogP) is 7.01. The van der Waals surface area contributed by atoms with E-state index in [0.717, 1.165) is 50.6 Å². The number of thiophene rings is 1. The smallest absolute Gasteiger partial charge is 0.258 e. The van der Waals surface area contributed by atoms with E-state index >= 15 is 0 Å². The van der Waals surface area contributed by atoms with Crippen LogP contribution in [0.5, 0.6) is 0 Å². The number of piperidine rings is 1. The van der Waals surface area contributed by atoms with Crippen LogP contribution in [-0.4, -0.2) is 35.8 Å². The normalized spacial score (nSPS) is 20.8. The Labute approximate surface area is 218 Å². The molecule has 2 amide bonds. The fraction of sp³-hybridized carbons (Fsp3) is 0.571. The van der Waals surface area contributed by atoms with E-state index in [9.17, 15) is 9.59 Å². The fourth-order valence-corrected chi connectivity index (χ4v) is 7.03. The van der Waals surface area contributed by atoms with E-state index in [1.165, 1.54) is 11.3 Å². The molecule has 2 heterocycles. The van der Waals surface area contributed by atoms with Crippen molar-refractivity contribution < 1.29 is 9.59 Å². The second-order valence-corrected chi connectivity index (χ2v) is 12.6. The number of likely N-dealkylation sites (tertiary alicyclic amines) is 1. The van der Waals surface area contributed by atoms with E-state index in [2.05, 4.69) is 43.2 Å². The van der Waals surface area contributed by atoms with Gasteiger partial charge in [-0.05, 0) is 80.2 Å². The summed E-state index contributed by atoms with van der Waals surface area (Å²) in [6.45, 7) is 10.4. The summed E-state index contributed by atoms with van der Waals surface area (Å²) >= 11 is 7.72. The van der Waals surface area contributed by atoms with Gasteiger partial charge >= 0.3 is 0 Å². The average Bonchev–Trinajstić information content (AvgIpc) is 3.15. The fourth-order valence-electron chi connectivity index (χ4n) is 5.49. The van der Waals surface area contributed by atoms with Gasteiger partial charge in [0, 0.05) is 21.6 Å². The van der Waals surface area contributed by atoms with Crippen LogP contribution in [0.1, 0.15) is 80.6 Å². The zero-order chi connectivity index (χ0) is 25.2. The molecule has 1 aromatic carbocycles. The van der Waals surface area contributed by atoms with Gasteiger partial charge < -0.3 is 10.6 Å². The van der Waals surface area contributed by atoms with E-state index < -0.39 is 0 Å². The molecule has 0 bridgehead atoms. The van der Waals surface area contributed by atoms with E-state index in [1.807, 2.05) is 12.1 Å². The summed E-state index contributed by atoms with van der Waals surface area (Å²) in [5, 5.41) is 7.40. The predicted molar refractivity (Wildman–Crippen MR) is 147 cm³/mol. The van der Waals surface area contributed by atoms with Gasteiger partial charge in [0.1, 0.15) is 5.00 Å². The monoisotopic (exact) mass is 515 g/mol. The third-order valence-electron chi connectivity index (χ3n) is 7.62. The summed E-state index contributed by atoms with van der Waals surface area (Å²) in [6, 6.07) is 7.64. The van der Waals surface area contributed by atoms with Crippen LogP contribution in [0.15, 0.2) is 24.3 Å². The van der Waals surface area contributed by atoms with Crippen LogP contribution in [0.4, 0.5) is 10.7 Å². The van der Waals surface area contributed by atoms with Crippen LogP contribution < -0.4 is 10.6 Å². The quantitative estimate of drug-likeness (QED) is 0.435. The van der Waals surface area contributed by atoms with Gasteiger partial charge in [0.15, 0.2) is 0 Å². The molecule has 35 heavy (non-hydrogen) atoms. The van der Waals surface area contributed by atoms with E-state index in [0.29, 0.717) is 39.8 Å². The molecule has 0 saturated carbocycles. The number of rotatable bonds is 6. The molecule has 1 saturated heterocycles. The second kappa shape index (κ2) is 11.0.